The molecule has 5 N–H and O–H groups in total. The number of rotatable bonds is 8. The van der Waals surface area contributed by atoms with E-state index in [1.807, 2.05) is 18.2 Å². The highest BCUT2D eigenvalue weighted by Crippen LogP contribution is 2.30. The first-order chi connectivity index (χ1) is 14.9. The second-order valence-corrected chi connectivity index (χ2v) is 6.67. The van der Waals surface area contributed by atoms with Crippen LogP contribution in [0.4, 0.5) is 5.82 Å². The summed E-state index contributed by atoms with van der Waals surface area (Å²) in [6.07, 6.45) is 1.84. The van der Waals surface area contributed by atoms with Gasteiger partial charge in [-0.25, -0.2) is 9.97 Å². The zero-order valence-corrected chi connectivity index (χ0v) is 17.2. The Hall–Kier alpha value is -4.14. The summed E-state index contributed by atoms with van der Waals surface area (Å²) in [5.74, 6) is 0.167. The van der Waals surface area contributed by atoms with Gasteiger partial charge in [-0.05, 0) is 23.8 Å². The van der Waals surface area contributed by atoms with Crippen molar-refractivity contribution in [3.05, 3.63) is 76.7 Å². The minimum Gasteiger partial charge on any atom is -0.493 e. The molecular weight excluding hydrogens is 398 g/mol. The fraction of sp³-hybridized carbons (Fsp3) is 0.182. The van der Waals surface area contributed by atoms with E-state index in [2.05, 4.69) is 15.3 Å². The van der Waals surface area contributed by atoms with Crippen LogP contribution in [0.1, 0.15) is 37.7 Å². The number of para-hydroxylation sites is 1. The molecule has 9 nitrogen and oxygen atoms in total. The molecule has 0 unspecified atom stereocenters. The van der Waals surface area contributed by atoms with Crippen molar-refractivity contribution in [3.8, 4) is 11.5 Å². The lowest BCUT2D eigenvalue weighted by Gasteiger charge is -2.13. The number of ether oxygens (including phenoxy) is 2. The average molecular weight is 421 g/mol. The van der Waals surface area contributed by atoms with Gasteiger partial charge in [-0.2, -0.15) is 0 Å². The second-order valence-electron chi connectivity index (χ2n) is 6.67. The number of benzene rings is 2. The van der Waals surface area contributed by atoms with Crippen molar-refractivity contribution in [1.82, 2.24) is 15.3 Å². The number of amides is 2. The molecule has 0 aliphatic rings. The number of nitrogens with one attached hydrogen (secondary N) is 1. The van der Waals surface area contributed by atoms with Crippen LogP contribution in [0.2, 0.25) is 0 Å². The number of hydrogen-bond acceptors (Lipinski definition) is 7. The zero-order valence-electron chi connectivity index (χ0n) is 17.2. The molecule has 0 atom stereocenters. The highest BCUT2D eigenvalue weighted by molar-refractivity contribution is 5.95. The molecule has 2 aromatic carbocycles. The molecule has 3 aromatic rings. The van der Waals surface area contributed by atoms with Crippen molar-refractivity contribution in [2.75, 3.05) is 20.0 Å². The number of nitrogens with two attached hydrogens (primary N) is 2. The van der Waals surface area contributed by atoms with Crippen molar-refractivity contribution in [3.63, 3.8) is 0 Å². The van der Waals surface area contributed by atoms with Gasteiger partial charge in [0.05, 0.1) is 26.1 Å². The van der Waals surface area contributed by atoms with E-state index in [0.717, 1.165) is 11.1 Å². The van der Waals surface area contributed by atoms with Crippen LogP contribution in [-0.4, -0.2) is 36.0 Å². The van der Waals surface area contributed by atoms with Gasteiger partial charge in [0.2, 0.25) is 0 Å². The van der Waals surface area contributed by atoms with E-state index in [1.54, 1.807) is 38.5 Å². The zero-order chi connectivity index (χ0) is 22.4. The third kappa shape index (κ3) is 5.08. The summed E-state index contributed by atoms with van der Waals surface area (Å²) in [7, 11) is 3.11. The van der Waals surface area contributed by atoms with E-state index >= 15 is 0 Å². The Kier molecular flexibility index (Phi) is 6.66. The van der Waals surface area contributed by atoms with Gasteiger partial charge < -0.3 is 26.3 Å². The number of hydrogen-bond donors (Lipinski definition) is 3. The lowest BCUT2D eigenvalue weighted by Crippen LogP contribution is -2.23. The molecule has 9 heteroatoms. The molecular formula is C22H23N5O4. The number of carbonyl (C=O) groups excluding carboxylic acids is 2. The summed E-state index contributed by atoms with van der Waals surface area (Å²) in [5, 5.41) is 2.88. The number of aromatic nitrogens is 2. The molecule has 0 radical (unpaired) electrons. The maximum atomic E-state index is 12.7. The molecule has 0 aliphatic carbocycles. The Bertz CT molecular complexity index is 1120. The monoisotopic (exact) mass is 421 g/mol. The highest BCUT2D eigenvalue weighted by atomic mass is 16.5. The van der Waals surface area contributed by atoms with E-state index in [-0.39, 0.29) is 24.0 Å². The standard InChI is InChI=1S/C22H23N5O4/c1-30-17-8-4-7-15(19(17)31-2)11-26-22(29)14-6-3-5-13(9-14)10-16-12-25-20(23)18(27-16)21(24)28/h3-9,12H,10-11H2,1-2H3,(H2,23,25)(H2,24,28)(H,26,29). The van der Waals surface area contributed by atoms with Crippen LogP contribution in [0.3, 0.4) is 0 Å². The Balaban J connectivity index is 1.73. The molecule has 3 rings (SSSR count). The van der Waals surface area contributed by atoms with Crippen molar-refractivity contribution in [1.29, 1.82) is 0 Å². The van der Waals surface area contributed by atoms with Crippen molar-refractivity contribution in [2.24, 2.45) is 5.73 Å². The third-order valence-corrected chi connectivity index (χ3v) is 4.58. The van der Waals surface area contributed by atoms with Crippen molar-refractivity contribution < 1.29 is 19.1 Å². The average Bonchev–Trinajstić information content (AvgIpc) is 2.78. The molecule has 1 aromatic heterocycles. The predicted octanol–water partition coefficient (Wildman–Crippen LogP) is 1.70. The smallest absolute Gasteiger partial charge is 0.271 e. The fourth-order valence-electron chi connectivity index (χ4n) is 3.10. The second kappa shape index (κ2) is 9.57. The van der Waals surface area contributed by atoms with Crippen molar-refractivity contribution in [2.45, 2.75) is 13.0 Å². The maximum absolute atomic E-state index is 12.7. The first-order valence-electron chi connectivity index (χ1n) is 9.41. The Labute approximate surface area is 179 Å². The van der Waals surface area contributed by atoms with Crippen LogP contribution in [0.15, 0.2) is 48.7 Å². The van der Waals surface area contributed by atoms with Gasteiger partial charge >= 0.3 is 0 Å². The summed E-state index contributed by atoms with van der Waals surface area (Å²) >= 11 is 0. The SMILES string of the molecule is COc1cccc(CNC(=O)c2cccc(Cc3cnc(N)c(C(N)=O)n3)c2)c1OC. The summed E-state index contributed by atoms with van der Waals surface area (Å²) in [6.45, 7) is 0.273. The van der Waals surface area contributed by atoms with E-state index in [1.165, 1.54) is 6.20 Å². The fourth-order valence-corrected chi connectivity index (χ4v) is 3.10. The van der Waals surface area contributed by atoms with Crippen LogP contribution in [-0.2, 0) is 13.0 Å². The van der Waals surface area contributed by atoms with Gasteiger partial charge in [0.25, 0.3) is 11.8 Å². The third-order valence-electron chi connectivity index (χ3n) is 4.58. The lowest BCUT2D eigenvalue weighted by atomic mass is 10.1. The minimum absolute atomic E-state index is 0.0163. The van der Waals surface area contributed by atoms with E-state index in [4.69, 9.17) is 20.9 Å². The molecule has 2 amide bonds. The highest BCUT2D eigenvalue weighted by Gasteiger charge is 2.13. The van der Waals surface area contributed by atoms with Crippen LogP contribution < -0.4 is 26.3 Å². The number of anilines is 1. The lowest BCUT2D eigenvalue weighted by molar-refractivity contribution is 0.0949. The number of primary amides is 1. The van der Waals surface area contributed by atoms with Crippen LogP contribution >= 0.6 is 0 Å². The Morgan fingerprint density at radius 1 is 1.10 bits per heavy atom. The van der Waals surface area contributed by atoms with Crippen LogP contribution in [0.5, 0.6) is 11.5 Å². The van der Waals surface area contributed by atoms with E-state index in [9.17, 15) is 9.59 Å². The van der Waals surface area contributed by atoms with Gasteiger partial charge in [-0.15, -0.1) is 0 Å². The topological polar surface area (TPSA) is 142 Å². The van der Waals surface area contributed by atoms with Gasteiger partial charge in [0.15, 0.2) is 23.0 Å². The van der Waals surface area contributed by atoms with Gasteiger partial charge in [0, 0.05) is 24.1 Å². The van der Waals surface area contributed by atoms with Crippen LogP contribution in [0.25, 0.3) is 0 Å². The first kappa shape index (κ1) is 21.6. The van der Waals surface area contributed by atoms with Crippen molar-refractivity contribution >= 4 is 17.6 Å². The summed E-state index contributed by atoms with van der Waals surface area (Å²) in [6, 6.07) is 12.6. The van der Waals surface area contributed by atoms with Gasteiger partial charge in [-0.1, -0.05) is 24.3 Å². The molecule has 0 saturated carbocycles. The first-order valence-corrected chi connectivity index (χ1v) is 9.41. The molecule has 0 bridgehead atoms. The number of nitrogen functional groups attached to an aromatic ring is 1. The largest absolute Gasteiger partial charge is 0.493 e. The Morgan fingerprint density at radius 3 is 2.58 bits per heavy atom. The Morgan fingerprint density at radius 2 is 1.87 bits per heavy atom. The molecule has 0 fully saturated rings. The van der Waals surface area contributed by atoms with Crippen LogP contribution in [0, 0.1) is 0 Å². The molecule has 0 saturated heterocycles. The molecule has 0 aliphatic heterocycles. The summed E-state index contributed by atoms with van der Waals surface area (Å²) in [4.78, 5) is 32.2. The van der Waals surface area contributed by atoms with E-state index < -0.39 is 5.91 Å². The normalized spacial score (nSPS) is 10.4. The summed E-state index contributed by atoms with van der Waals surface area (Å²) < 4.78 is 10.7. The molecule has 0 spiro atoms. The predicted molar refractivity (Wildman–Crippen MR) is 115 cm³/mol. The molecule has 160 valence electrons. The molecule has 31 heavy (non-hydrogen) atoms. The van der Waals surface area contributed by atoms with Gasteiger partial charge in [-0.3, -0.25) is 9.59 Å². The van der Waals surface area contributed by atoms with E-state index in [0.29, 0.717) is 29.2 Å². The molecule has 1 heterocycles. The number of nitrogens with zero attached hydrogens (tertiary/aromatic N) is 2. The van der Waals surface area contributed by atoms with Gasteiger partial charge in [0.1, 0.15) is 0 Å². The number of carbonyl (C=O) groups is 2. The maximum Gasteiger partial charge on any atom is 0.271 e. The number of methoxy groups -OCH3 is 2. The summed E-state index contributed by atoms with van der Waals surface area (Å²) in [5.41, 5.74) is 13.4. The minimum atomic E-state index is -0.743. The quantitative estimate of drug-likeness (QED) is 0.502.